The molecule has 36 heavy (non-hydrogen) atoms. The molecular formula is C28H24O8. The summed E-state index contributed by atoms with van der Waals surface area (Å²) in [5.74, 6) is -2.03. The Morgan fingerprint density at radius 2 is 1.28 bits per heavy atom. The van der Waals surface area contributed by atoms with Gasteiger partial charge in [0.1, 0.15) is 24.2 Å². The molecule has 0 radical (unpaired) electrons. The molecule has 4 heterocycles. The van der Waals surface area contributed by atoms with Gasteiger partial charge < -0.3 is 18.9 Å². The quantitative estimate of drug-likeness (QED) is 0.366. The summed E-state index contributed by atoms with van der Waals surface area (Å²) in [7, 11) is 0. The zero-order valence-electron chi connectivity index (χ0n) is 19.2. The number of rotatable bonds is 4. The summed E-state index contributed by atoms with van der Waals surface area (Å²) in [6.07, 6.45) is 6.82. The average molecular weight is 488 g/mol. The third-order valence-corrected chi connectivity index (χ3v) is 6.41. The first kappa shape index (κ1) is 23.5. The molecule has 0 spiro atoms. The van der Waals surface area contributed by atoms with Gasteiger partial charge in [-0.05, 0) is 36.4 Å². The van der Waals surface area contributed by atoms with Crippen molar-refractivity contribution < 1.29 is 38.1 Å². The number of fused-ring (bicyclic) bond motifs is 4. The van der Waals surface area contributed by atoms with Gasteiger partial charge in [-0.3, -0.25) is 9.59 Å². The maximum atomic E-state index is 11.9. The van der Waals surface area contributed by atoms with E-state index in [2.05, 4.69) is 0 Å². The molecule has 4 aliphatic heterocycles. The number of carbonyl (C=O) groups is 4. The maximum Gasteiger partial charge on any atom is 0.338 e. The third kappa shape index (κ3) is 5.07. The molecule has 2 saturated heterocycles. The van der Waals surface area contributed by atoms with Gasteiger partial charge in [0.25, 0.3) is 0 Å². The van der Waals surface area contributed by atoms with Gasteiger partial charge in [0.15, 0.2) is 6.10 Å². The van der Waals surface area contributed by atoms with Crippen LogP contribution in [0.15, 0.2) is 85.0 Å². The van der Waals surface area contributed by atoms with Gasteiger partial charge in [-0.15, -0.1) is 0 Å². The Kier molecular flexibility index (Phi) is 6.66. The molecule has 0 saturated carbocycles. The summed E-state index contributed by atoms with van der Waals surface area (Å²) in [5, 5.41) is 0. The van der Waals surface area contributed by atoms with Crippen LogP contribution in [-0.2, 0) is 28.5 Å². The van der Waals surface area contributed by atoms with Gasteiger partial charge in [-0.2, -0.15) is 0 Å². The number of carbonyl (C=O) groups excluding carboxylic acids is 4. The minimum atomic E-state index is -0.456. The van der Waals surface area contributed by atoms with E-state index in [1.165, 1.54) is 0 Å². The lowest BCUT2D eigenvalue weighted by Gasteiger charge is -2.36. The lowest BCUT2D eigenvalue weighted by molar-refractivity contribution is -0.167. The molecule has 8 nitrogen and oxygen atoms in total. The molecular weight excluding hydrogens is 464 g/mol. The summed E-state index contributed by atoms with van der Waals surface area (Å²) >= 11 is 0. The van der Waals surface area contributed by atoms with E-state index in [1.54, 1.807) is 60.7 Å². The van der Waals surface area contributed by atoms with Crippen LogP contribution >= 0.6 is 0 Å². The van der Waals surface area contributed by atoms with Crippen molar-refractivity contribution in [2.45, 2.75) is 37.3 Å². The number of ether oxygens (including phenoxy) is 4. The van der Waals surface area contributed by atoms with Gasteiger partial charge in [0.05, 0.1) is 17.0 Å². The molecule has 184 valence electrons. The molecule has 6 atom stereocenters. The van der Waals surface area contributed by atoms with Crippen molar-refractivity contribution in [2.24, 2.45) is 11.8 Å². The second kappa shape index (κ2) is 10.2. The lowest BCUT2D eigenvalue weighted by atomic mass is 9.88. The van der Waals surface area contributed by atoms with Crippen molar-refractivity contribution >= 4 is 23.9 Å². The molecule has 8 heteroatoms. The van der Waals surface area contributed by atoms with E-state index >= 15 is 0 Å². The van der Waals surface area contributed by atoms with Crippen LogP contribution in [0.25, 0.3) is 0 Å². The van der Waals surface area contributed by atoms with Crippen LogP contribution in [0.2, 0.25) is 0 Å². The van der Waals surface area contributed by atoms with E-state index in [0.717, 1.165) is 0 Å². The van der Waals surface area contributed by atoms with E-state index in [1.807, 2.05) is 24.3 Å². The highest BCUT2D eigenvalue weighted by molar-refractivity contribution is 5.90. The molecule has 2 aromatic carbocycles. The number of hydrogen-bond donors (Lipinski definition) is 0. The predicted molar refractivity (Wildman–Crippen MR) is 126 cm³/mol. The molecule has 2 fully saturated rings. The Hall–Kier alpha value is -4.20. The Morgan fingerprint density at radius 3 is 1.78 bits per heavy atom. The van der Waals surface area contributed by atoms with Gasteiger partial charge in [-0.1, -0.05) is 48.6 Å². The summed E-state index contributed by atoms with van der Waals surface area (Å²) in [6.45, 7) is 0. The molecule has 2 aliphatic carbocycles. The highest BCUT2D eigenvalue weighted by atomic mass is 16.6. The second-order valence-corrected chi connectivity index (χ2v) is 8.87. The van der Waals surface area contributed by atoms with E-state index in [4.69, 9.17) is 18.9 Å². The van der Waals surface area contributed by atoms with Crippen molar-refractivity contribution in [1.29, 1.82) is 0 Å². The Morgan fingerprint density at radius 1 is 0.667 bits per heavy atom. The molecule has 6 aliphatic rings. The third-order valence-electron chi connectivity index (χ3n) is 6.41. The maximum absolute atomic E-state index is 11.9. The van der Waals surface area contributed by atoms with Crippen LogP contribution in [0, 0.1) is 11.8 Å². The molecule has 2 aromatic rings. The summed E-state index contributed by atoms with van der Waals surface area (Å²) in [5.41, 5.74) is 1.01. The SMILES string of the molecule is O=C(OC1CC2C=CC1C(=O)O2)c1ccccc1.O=C(OC1CC2C=CC1OC2=O)c1ccccc1. The Bertz CT molecular complexity index is 1200. The fourth-order valence-corrected chi connectivity index (χ4v) is 4.51. The average Bonchev–Trinajstić information content (AvgIpc) is 2.91. The lowest BCUT2D eigenvalue weighted by Crippen LogP contribution is -2.45. The highest BCUT2D eigenvalue weighted by Gasteiger charge is 2.42. The molecule has 8 rings (SSSR count). The van der Waals surface area contributed by atoms with E-state index in [0.29, 0.717) is 24.0 Å². The predicted octanol–water partition coefficient (Wildman–Crippen LogP) is 3.43. The minimum absolute atomic E-state index is 0.227. The monoisotopic (exact) mass is 488 g/mol. The van der Waals surface area contributed by atoms with Gasteiger partial charge in [-0.25, -0.2) is 9.59 Å². The smallest absolute Gasteiger partial charge is 0.338 e. The first-order valence-corrected chi connectivity index (χ1v) is 11.8. The fourth-order valence-electron chi connectivity index (χ4n) is 4.51. The van der Waals surface area contributed by atoms with Crippen molar-refractivity contribution in [3.05, 3.63) is 96.1 Å². The number of esters is 4. The summed E-state index contributed by atoms with van der Waals surface area (Å²) < 4.78 is 21.0. The molecule has 6 unspecified atom stereocenters. The van der Waals surface area contributed by atoms with E-state index < -0.39 is 24.1 Å². The molecule has 0 amide bonds. The zero-order valence-corrected chi connectivity index (χ0v) is 19.2. The standard InChI is InChI=1S/2C14H12O4/c15-13(9-4-2-1-3-5-9)18-12-8-10-6-7-11(12)14(16)17-10;15-13(9-4-2-1-3-5-9)18-12-8-10-6-7-11(12)17-14(10)16/h2*1-7,10-12H,8H2. The first-order valence-electron chi connectivity index (χ1n) is 11.8. The van der Waals surface area contributed by atoms with Gasteiger partial charge in [0, 0.05) is 12.8 Å². The van der Waals surface area contributed by atoms with Gasteiger partial charge in [0.2, 0.25) is 0 Å². The van der Waals surface area contributed by atoms with Gasteiger partial charge >= 0.3 is 23.9 Å². The molecule has 0 N–H and O–H groups in total. The fraction of sp³-hybridized carbons (Fsp3) is 0.286. The van der Waals surface area contributed by atoms with Crippen LogP contribution in [0.5, 0.6) is 0 Å². The Labute approximate surface area is 207 Å². The number of hydrogen-bond acceptors (Lipinski definition) is 8. The normalized spacial score (nSPS) is 28.9. The zero-order chi connectivity index (χ0) is 25.1. The largest absolute Gasteiger partial charge is 0.457 e. The highest BCUT2D eigenvalue weighted by Crippen LogP contribution is 2.32. The topological polar surface area (TPSA) is 105 Å². The summed E-state index contributed by atoms with van der Waals surface area (Å²) in [6, 6.07) is 17.6. The first-order chi connectivity index (χ1) is 17.5. The van der Waals surface area contributed by atoms with Crippen LogP contribution in [-0.4, -0.2) is 48.3 Å². The molecule has 0 aromatic heterocycles. The molecule has 4 bridgehead atoms. The van der Waals surface area contributed by atoms with E-state index in [9.17, 15) is 19.2 Å². The minimum Gasteiger partial charge on any atom is -0.457 e. The van der Waals surface area contributed by atoms with E-state index in [-0.39, 0.29) is 36.0 Å². The van der Waals surface area contributed by atoms with Crippen LogP contribution in [0.4, 0.5) is 0 Å². The van der Waals surface area contributed by atoms with Crippen LogP contribution in [0.1, 0.15) is 33.6 Å². The van der Waals surface area contributed by atoms with Crippen LogP contribution < -0.4 is 0 Å². The Balaban J connectivity index is 0.000000148. The van der Waals surface area contributed by atoms with Crippen molar-refractivity contribution in [3.63, 3.8) is 0 Å². The summed E-state index contributed by atoms with van der Waals surface area (Å²) in [4.78, 5) is 46.6. The number of benzene rings is 2. The van der Waals surface area contributed by atoms with Crippen molar-refractivity contribution in [1.82, 2.24) is 0 Å². The van der Waals surface area contributed by atoms with Crippen molar-refractivity contribution in [3.8, 4) is 0 Å². The second-order valence-electron chi connectivity index (χ2n) is 8.87. The van der Waals surface area contributed by atoms with Crippen molar-refractivity contribution in [2.75, 3.05) is 0 Å². The van der Waals surface area contributed by atoms with Crippen LogP contribution in [0.3, 0.4) is 0 Å².